The molecule has 1 aliphatic rings. The Hall–Kier alpha value is -2.98. The first kappa shape index (κ1) is 21.3. The number of hydrogen-bond acceptors (Lipinski definition) is 7. The lowest BCUT2D eigenvalue weighted by atomic mass is 10.2. The lowest BCUT2D eigenvalue weighted by molar-refractivity contribution is 0.0225. The first-order chi connectivity index (χ1) is 14.7. The summed E-state index contributed by atoms with van der Waals surface area (Å²) in [7, 11) is 0. The third kappa shape index (κ3) is 4.86. The van der Waals surface area contributed by atoms with Crippen molar-refractivity contribution in [2.75, 3.05) is 11.9 Å². The van der Waals surface area contributed by atoms with Crippen molar-refractivity contribution >= 4 is 39.8 Å². The Labute approximate surface area is 186 Å². The summed E-state index contributed by atoms with van der Waals surface area (Å²) in [6.07, 6.45) is 0.214. The van der Waals surface area contributed by atoms with E-state index in [0.717, 1.165) is 15.4 Å². The Morgan fingerprint density at radius 1 is 1.26 bits per heavy atom. The Bertz CT molecular complexity index is 1170. The van der Waals surface area contributed by atoms with Crippen LogP contribution >= 0.6 is 22.7 Å². The minimum Gasteiger partial charge on any atom is -0.444 e. The summed E-state index contributed by atoms with van der Waals surface area (Å²) in [6.45, 7) is 6.37. The number of thiazole rings is 1. The second kappa shape index (κ2) is 8.27. The molecule has 4 rings (SSSR count). The molecule has 10 heteroatoms. The average molecular weight is 459 g/mol. The summed E-state index contributed by atoms with van der Waals surface area (Å²) in [6, 6.07) is 7.03. The van der Waals surface area contributed by atoms with Gasteiger partial charge in [-0.15, -0.1) is 11.3 Å². The first-order valence-corrected chi connectivity index (χ1v) is 11.4. The third-order valence-corrected chi connectivity index (χ3v) is 6.45. The van der Waals surface area contributed by atoms with Gasteiger partial charge in [-0.1, -0.05) is 17.4 Å². The van der Waals surface area contributed by atoms with Gasteiger partial charge in [0.25, 0.3) is 11.5 Å². The number of nitrogens with one attached hydrogen (secondary N) is 2. The molecule has 31 heavy (non-hydrogen) atoms. The molecular weight excluding hydrogens is 436 g/mol. The predicted molar refractivity (Wildman–Crippen MR) is 121 cm³/mol. The van der Waals surface area contributed by atoms with Gasteiger partial charge in [0.2, 0.25) is 0 Å². The largest absolute Gasteiger partial charge is 0.444 e. The highest BCUT2D eigenvalue weighted by atomic mass is 32.1. The van der Waals surface area contributed by atoms with E-state index in [9.17, 15) is 14.4 Å². The molecule has 2 N–H and O–H groups in total. The van der Waals surface area contributed by atoms with Crippen molar-refractivity contribution in [3.63, 3.8) is 0 Å². The van der Waals surface area contributed by atoms with E-state index < -0.39 is 17.1 Å². The van der Waals surface area contributed by atoms with Gasteiger partial charge in [0.1, 0.15) is 11.2 Å². The van der Waals surface area contributed by atoms with E-state index in [-0.39, 0.29) is 11.7 Å². The topological polar surface area (TPSA) is 104 Å². The normalized spacial score (nSPS) is 13.6. The lowest BCUT2D eigenvalue weighted by Gasteiger charge is -2.29. The predicted octanol–water partition coefficient (Wildman–Crippen LogP) is 4.11. The monoisotopic (exact) mass is 458 g/mol. The Kier molecular flexibility index (Phi) is 5.67. The highest BCUT2D eigenvalue weighted by Crippen LogP contribution is 2.29. The molecule has 0 bridgehead atoms. The smallest absolute Gasteiger partial charge is 0.410 e. The molecule has 8 nitrogen and oxygen atoms in total. The number of carbonyl (C=O) groups is 2. The maximum absolute atomic E-state index is 12.6. The number of hydrogen-bond donors (Lipinski definition) is 2. The second-order valence-corrected chi connectivity index (χ2v) is 10.1. The minimum atomic E-state index is -0.559. The molecule has 162 valence electrons. The molecule has 0 spiro atoms. The molecule has 0 atom stereocenters. The standard InChI is InChI=1S/C21H22N4O4S2/c1-21(2,3)29-20(28)25-9-8-14-16(11-25)31-19(23-14)24-18(27)12-6-7-13(22-17(12)26)15-5-4-10-30-15/h4-7,10H,8-9,11H2,1-3H3,(H,22,26)(H,23,24,27). The molecule has 0 fully saturated rings. The van der Waals surface area contributed by atoms with Gasteiger partial charge in [-0.25, -0.2) is 9.78 Å². The fraction of sp³-hybridized carbons (Fsp3) is 0.333. The molecule has 0 unspecified atom stereocenters. The van der Waals surface area contributed by atoms with Crippen LogP contribution in [0.15, 0.2) is 34.4 Å². The number of rotatable bonds is 3. The number of fused-ring (bicyclic) bond motifs is 1. The van der Waals surface area contributed by atoms with Crippen LogP contribution in [0.2, 0.25) is 0 Å². The fourth-order valence-electron chi connectivity index (χ4n) is 3.12. The quantitative estimate of drug-likeness (QED) is 0.615. The minimum absolute atomic E-state index is 0.0175. The molecule has 0 saturated heterocycles. The third-order valence-electron chi connectivity index (χ3n) is 4.54. The van der Waals surface area contributed by atoms with E-state index in [1.807, 2.05) is 38.3 Å². The zero-order chi connectivity index (χ0) is 22.2. The summed E-state index contributed by atoms with van der Waals surface area (Å²) < 4.78 is 5.43. The van der Waals surface area contributed by atoms with Gasteiger partial charge >= 0.3 is 6.09 Å². The molecular formula is C21H22N4O4S2. The van der Waals surface area contributed by atoms with Gasteiger partial charge in [-0.3, -0.25) is 14.9 Å². The summed E-state index contributed by atoms with van der Waals surface area (Å²) >= 11 is 2.81. The van der Waals surface area contributed by atoms with E-state index in [0.29, 0.717) is 30.3 Å². The highest BCUT2D eigenvalue weighted by Gasteiger charge is 2.28. The molecule has 2 amide bonds. The number of carbonyl (C=O) groups excluding carboxylic acids is 2. The maximum Gasteiger partial charge on any atom is 0.410 e. The number of nitrogens with zero attached hydrogens (tertiary/aromatic N) is 2. The van der Waals surface area contributed by atoms with Crippen LogP contribution in [0.4, 0.5) is 9.93 Å². The van der Waals surface area contributed by atoms with E-state index in [1.165, 1.54) is 28.7 Å². The Balaban J connectivity index is 1.45. The van der Waals surface area contributed by atoms with E-state index in [1.54, 1.807) is 11.0 Å². The lowest BCUT2D eigenvalue weighted by Crippen LogP contribution is -2.39. The Morgan fingerprint density at radius 3 is 2.74 bits per heavy atom. The van der Waals surface area contributed by atoms with Gasteiger partial charge in [0, 0.05) is 17.8 Å². The molecule has 0 radical (unpaired) electrons. The zero-order valence-corrected chi connectivity index (χ0v) is 19.0. The van der Waals surface area contributed by atoms with Crippen molar-refractivity contribution in [3.8, 4) is 10.6 Å². The number of aromatic nitrogens is 2. The van der Waals surface area contributed by atoms with Crippen molar-refractivity contribution in [1.82, 2.24) is 14.9 Å². The molecule has 3 aromatic heterocycles. The SMILES string of the molecule is CC(C)(C)OC(=O)N1CCc2nc(NC(=O)c3ccc(-c4cccs4)[nH]c3=O)sc2C1. The van der Waals surface area contributed by atoms with Crippen LogP contribution in [0.3, 0.4) is 0 Å². The maximum atomic E-state index is 12.6. The zero-order valence-electron chi connectivity index (χ0n) is 17.4. The van der Waals surface area contributed by atoms with Gasteiger partial charge in [-0.05, 0) is 44.4 Å². The Morgan fingerprint density at radius 2 is 2.06 bits per heavy atom. The van der Waals surface area contributed by atoms with Crippen molar-refractivity contribution in [2.24, 2.45) is 0 Å². The molecule has 0 saturated carbocycles. The van der Waals surface area contributed by atoms with Gasteiger partial charge < -0.3 is 14.6 Å². The number of ether oxygens (including phenoxy) is 1. The van der Waals surface area contributed by atoms with Crippen molar-refractivity contribution in [3.05, 3.63) is 56.1 Å². The number of anilines is 1. The van der Waals surface area contributed by atoms with Gasteiger partial charge in [0.15, 0.2) is 5.13 Å². The van der Waals surface area contributed by atoms with Crippen LogP contribution in [0.1, 0.15) is 41.7 Å². The van der Waals surface area contributed by atoms with Gasteiger partial charge in [-0.2, -0.15) is 0 Å². The van der Waals surface area contributed by atoms with Crippen LogP contribution in [-0.2, 0) is 17.7 Å². The fourth-order valence-corrected chi connectivity index (χ4v) is 4.85. The first-order valence-electron chi connectivity index (χ1n) is 9.75. The molecule has 0 aliphatic carbocycles. The number of amides is 2. The summed E-state index contributed by atoms with van der Waals surface area (Å²) in [5.41, 5.74) is 0.520. The summed E-state index contributed by atoms with van der Waals surface area (Å²) in [4.78, 5) is 48.0. The number of thiophene rings is 1. The number of aromatic amines is 1. The van der Waals surface area contributed by atoms with Crippen LogP contribution in [0.5, 0.6) is 0 Å². The highest BCUT2D eigenvalue weighted by molar-refractivity contribution is 7.16. The molecule has 1 aliphatic heterocycles. The van der Waals surface area contributed by atoms with Crippen LogP contribution in [-0.4, -0.2) is 39.0 Å². The second-order valence-electron chi connectivity index (χ2n) is 8.09. The summed E-state index contributed by atoms with van der Waals surface area (Å²) in [5.74, 6) is -0.519. The van der Waals surface area contributed by atoms with Crippen molar-refractivity contribution < 1.29 is 14.3 Å². The van der Waals surface area contributed by atoms with E-state index in [4.69, 9.17) is 4.74 Å². The molecule has 0 aromatic carbocycles. The van der Waals surface area contributed by atoms with Crippen LogP contribution in [0.25, 0.3) is 10.6 Å². The molecule has 4 heterocycles. The number of pyridine rings is 1. The van der Waals surface area contributed by atoms with E-state index in [2.05, 4.69) is 15.3 Å². The number of H-pyrrole nitrogens is 1. The van der Waals surface area contributed by atoms with Gasteiger partial charge in [0.05, 0.1) is 22.8 Å². The van der Waals surface area contributed by atoms with Crippen LogP contribution < -0.4 is 10.9 Å². The van der Waals surface area contributed by atoms with Crippen molar-refractivity contribution in [1.29, 1.82) is 0 Å². The summed E-state index contributed by atoms with van der Waals surface area (Å²) in [5, 5.41) is 5.03. The van der Waals surface area contributed by atoms with Crippen molar-refractivity contribution in [2.45, 2.75) is 39.3 Å². The average Bonchev–Trinajstić information content (AvgIpc) is 3.35. The van der Waals surface area contributed by atoms with E-state index >= 15 is 0 Å². The molecule has 3 aromatic rings. The van der Waals surface area contributed by atoms with Crippen LogP contribution in [0, 0.1) is 0 Å².